The van der Waals surface area contributed by atoms with Crippen LogP contribution >= 0.6 is 11.3 Å². The van der Waals surface area contributed by atoms with E-state index in [2.05, 4.69) is 15.6 Å². The molecule has 27 heavy (non-hydrogen) atoms. The maximum Gasteiger partial charge on any atom is 0.407 e. The van der Waals surface area contributed by atoms with E-state index < -0.39 is 17.2 Å². The smallest absolute Gasteiger partial charge is 0.407 e. The molecule has 0 unspecified atom stereocenters. The first-order valence-electron chi connectivity index (χ1n) is 9.05. The van der Waals surface area contributed by atoms with Gasteiger partial charge in [-0.3, -0.25) is 4.79 Å². The van der Waals surface area contributed by atoms with Crippen molar-refractivity contribution >= 4 is 23.3 Å². The van der Waals surface area contributed by atoms with Gasteiger partial charge in [0.25, 0.3) is 5.91 Å². The van der Waals surface area contributed by atoms with E-state index in [1.165, 1.54) is 11.3 Å². The van der Waals surface area contributed by atoms with Crippen molar-refractivity contribution in [2.45, 2.75) is 57.6 Å². The van der Waals surface area contributed by atoms with Gasteiger partial charge in [0.2, 0.25) is 0 Å². The lowest BCUT2D eigenvalue weighted by Gasteiger charge is -2.31. The van der Waals surface area contributed by atoms with Crippen LogP contribution in [0.5, 0.6) is 0 Å². The number of aromatic nitrogens is 1. The number of hydrogen-bond donors (Lipinski definition) is 2. The minimum atomic E-state index is -0.555. The highest BCUT2D eigenvalue weighted by Gasteiger charge is 2.36. The van der Waals surface area contributed by atoms with Gasteiger partial charge in [-0.25, -0.2) is 9.78 Å². The molecule has 2 heterocycles. The van der Waals surface area contributed by atoms with Crippen molar-refractivity contribution in [3.05, 3.63) is 29.5 Å². The number of hydrogen-bond acceptors (Lipinski definition) is 6. The van der Waals surface area contributed by atoms with Crippen LogP contribution in [0.4, 0.5) is 4.79 Å². The third-order valence-electron chi connectivity index (χ3n) is 4.37. The SMILES string of the molecule is CC(C)(C)OC(=O)NCC1(NC(=O)c2cnc(-c3ccco3)s2)CCCC1. The lowest BCUT2D eigenvalue weighted by atomic mass is 9.97. The van der Waals surface area contributed by atoms with Crippen LogP contribution in [-0.4, -0.2) is 34.7 Å². The number of amides is 2. The van der Waals surface area contributed by atoms with Crippen molar-refractivity contribution in [1.82, 2.24) is 15.6 Å². The van der Waals surface area contributed by atoms with Gasteiger partial charge in [-0.2, -0.15) is 0 Å². The van der Waals surface area contributed by atoms with E-state index >= 15 is 0 Å². The van der Waals surface area contributed by atoms with Gasteiger partial charge >= 0.3 is 6.09 Å². The Labute approximate surface area is 162 Å². The summed E-state index contributed by atoms with van der Waals surface area (Å²) in [6.07, 6.45) is 6.32. The van der Waals surface area contributed by atoms with Crippen LogP contribution in [0.2, 0.25) is 0 Å². The largest absolute Gasteiger partial charge is 0.462 e. The second-order valence-corrected chi connectivity index (χ2v) is 8.83. The van der Waals surface area contributed by atoms with Crippen molar-refractivity contribution in [3.63, 3.8) is 0 Å². The second kappa shape index (κ2) is 7.72. The van der Waals surface area contributed by atoms with Crippen molar-refractivity contribution in [2.24, 2.45) is 0 Å². The Morgan fingerprint density at radius 1 is 1.33 bits per heavy atom. The molecule has 0 radical (unpaired) electrons. The van der Waals surface area contributed by atoms with Crippen LogP contribution in [0.3, 0.4) is 0 Å². The predicted molar refractivity (Wildman–Crippen MR) is 103 cm³/mol. The monoisotopic (exact) mass is 391 g/mol. The molecule has 0 atom stereocenters. The molecule has 2 N–H and O–H groups in total. The molecule has 7 nitrogen and oxygen atoms in total. The minimum absolute atomic E-state index is 0.182. The Morgan fingerprint density at radius 3 is 2.70 bits per heavy atom. The average molecular weight is 391 g/mol. The zero-order valence-corrected chi connectivity index (χ0v) is 16.6. The Hall–Kier alpha value is -2.35. The van der Waals surface area contributed by atoms with Gasteiger partial charge in [0, 0.05) is 6.54 Å². The molecule has 0 saturated heterocycles. The van der Waals surface area contributed by atoms with E-state index in [9.17, 15) is 9.59 Å². The van der Waals surface area contributed by atoms with Crippen molar-refractivity contribution in [3.8, 4) is 10.8 Å². The first-order valence-corrected chi connectivity index (χ1v) is 9.87. The summed E-state index contributed by atoms with van der Waals surface area (Å²) in [5.41, 5.74) is -1.01. The first-order chi connectivity index (χ1) is 12.8. The topological polar surface area (TPSA) is 93.5 Å². The molecular formula is C19H25N3O4S. The van der Waals surface area contributed by atoms with Gasteiger partial charge < -0.3 is 19.8 Å². The highest BCUT2D eigenvalue weighted by molar-refractivity contribution is 7.16. The molecule has 1 saturated carbocycles. The normalized spacial score (nSPS) is 16.1. The molecule has 1 aliphatic carbocycles. The van der Waals surface area contributed by atoms with Gasteiger partial charge in [-0.05, 0) is 45.7 Å². The van der Waals surface area contributed by atoms with Crippen LogP contribution in [-0.2, 0) is 4.74 Å². The molecule has 2 aromatic heterocycles. The van der Waals surface area contributed by atoms with Crippen LogP contribution in [0.1, 0.15) is 56.1 Å². The number of thiazole rings is 1. The fraction of sp³-hybridized carbons (Fsp3) is 0.526. The fourth-order valence-electron chi connectivity index (χ4n) is 3.15. The van der Waals surface area contributed by atoms with Crippen LogP contribution in [0.25, 0.3) is 10.8 Å². The zero-order valence-electron chi connectivity index (χ0n) is 15.8. The molecule has 2 amide bonds. The number of rotatable bonds is 5. The molecule has 2 aromatic rings. The summed E-state index contributed by atoms with van der Waals surface area (Å²) in [5, 5.41) is 6.58. The van der Waals surface area contributed by atoms with Crippen molar-refractivity contribution in [1.29, 1.82) is 0 Å². The van der Waals surface area contributed by atoms with Crippen LogP contribution in [0.15, 0.2) is 29.0 Å². The molecule has 146 valence electrons. The molecule has 3 rings (SSSR count). The molecular weight excluding hydrogens is 366 g/mol. The molecule has 0 aliphatic heterocycles. The lowest BCUT2D eigenvalue weighted by molar-refractivity contribution is 0.0505. The molecule has 0 spiro atoms. The summed E-state index contributed by atoms with van der Waals surface area (Å²) in [5.74, 6) is 0.458. The van der Waals surface area contributed by atoms with E-state index in [0.29, 0.717) is 22.2 Å². The molecule has 0 aromatic carbocycles. The zero-order chi connectivity index (χ0) is 19.5. The van der Waals surface area contributed by atoms with Gasteiger partial charge in [0.1, 0.15) is 10.5 Å². The number of nitrogens with zero attached hydrogens (tertiary/aromatic N) is 1. The molecule has 1 aliphatic rings. The first kappa shape index (κ1) is 19.4. The van der Waals surface area contributed by atoms with Crippen molar-refractivity contribution < 1.29 is 18.7 Å². The Morgan fingerprint density at radius 2 is 2.07 bits per heavy atom. The fourth-order valence-corrected chi connectivity index (χ4v) is 3.93. The highest BCUT2D eigenvalue weighted by atomic mass is 32.1. The van der Waals surface area contributed by atoms with Gasteiger partial charge in [0.15, 0.2) is 10.8 Å². The third-order valence-corrected chi connectivity index (χ3v) is 5.38. The Kier molecular flexibility index (Phi) is 5.55. The maximum absolute atomic E-state index is 12.7. The van der Waals surface area contributed by atoms with Gasteiger partial charge in [0.05, 0.1) is 18.0 Å². The Balaban J connectivity index is 1.63. The number of alkyl carbamates (subject to hydrolysis) is 1. The highest BCUT2D eigenvalue weighted by Crippen LogP contribution is 2.31. The number of carbonyl (C=O) groups excluding carboxylic acids is 2. The van der Waals surface area contributed by atoms with Crippen LogP contribution < -0.4 is 10.6 Å². The van der Waals surface area contributed by atoms with Crippen molar-refractivity contribution in [2.75, 3.05) is 6.54 Å². The predicted octanol–water partition coefficient (Wildman–Crippen LogP) is 3.97. The molecule has 8 heteroatoms. The number of furan rings is 1. The van der Waals surface area contributed by atoms with Gasteiger partial charge in [-0.1, -0.05) is 12.8 Å². The van der Waals surface area contributed by atoms with E-state index in [-0.39, 0.29) is 5.91 Å². The summed E-state index contributed by atoms with van der Waals surface area (Å²) in [4.78, 5) is 29.5. The number of carbonyl (C=O) groups is 2. The maximum atomic E-state index is 12.7. The summed E-state index contributed by atoms with van der Waals surface area (Å²) in [7, 11) is 0. The second-order valence-electron chi connectivity index (χ2n) is 7.80. The van der Waals surface area contributed by atoms with Gasteiger partial charge in [-0.15, -0.1) is 11.3 Å². The quantitative estimate of drug-likeness (QED) is 0.804. The van der Waals surface area contributed by atoms with E-state index in [1.54, 1.807) is 18.5 Å². The van der Waals surface area contributed by atoms with E-state index in [0.717, 1.165) is 25.7 Å². The Bertz CT molecular complexity index is 786. The van der Waals surface area contributed by atoms with Crippen LogP contribution in [0, 0.1) is 0 Å². The van der Waals surface area contributed by atoms with E-state index in [1.807, 2.05) is 26.8 Å². The summed E-state index contributed by atoms with van der Waals surface area (Å²) >= 11 is 1.28. The summed E-state index contributed by atoms with van der Waals surface area (Å²) < 4.78 is 10.6. The number of nitrogens with one attached hydrogen (secondary N) is 2. The molecule has 1 fully saturated rings. The third kappa shape index (κ3) is 5.09. The summed E-state index contributed by atoms with van der Waals surface area (Å²) in [6.45, 7) is 5.80. The minimum Gasteiger partial charge on any atom is -0.462 e. The lowest BCUT2D eigenvalue weighted by Crippen LogP contribution is -2.54. The number of ether oxygens (including phenoxy) is 1. The average Bonchev–Trinajstić information content (AvgIpc) is 3.32. The summed E-state index contributed by atoms with van der Waals surface area (Å²) in [6, 6.07) is 3.59. The van der Waals surface area contributed by atoms with E-state index in [4.69, 9.17) is 9.15 Å². The molecule has 0 bridgehead atoms. The standard InChI is InChI=1S/C19H25N3O4S/c1-18(2,3)26-17(24)21-12-19(8-4-5-9-19)22-15(23)14-11-20-16(27-14)13-7-6-10-25-13/h6-7,10-11H,4-5,8-9,12H2,1-3H3,(H,21,24)(H,22,23).